The van der Waals surface area contributed by atoms with Crippen LogP contribution in [0, 0.1) is 10.1 Å². The number of rotatable bonds is 6. The van der Waals surface area contributed by atoms with Crippen LogP contribution in [0.2, 0.25) is 0 Å². The van der Waals surface area contributed by atoms with Gasteiger partial charge in [0.25, 0.3) is 0 Å². The lowest BCUT2D eigenvalue weighted by molar-refractivity contribution is -0.389. The molecule has 0 aliphatic carbocycles. The van der Waals surface area contributed by atoms with Gasteiger partial charge in [-0.1, -0.05) is 12.1 Å². The van der Waals surface area contributed by atoms with Gasteiger partial charge >= 0.3 is 11.8 Å². The molecule has 1 heterocycles. The molecule has 8 nitrogen and oxygen atoms in total. The number of para-hydroxylation sites is 1. The Balaban J connectivity index is 1.96. The van der Waals surface area contributed by atoms with Gasteiger partial charge in [-0.15, -0.1) is 0 Å². The number of carboxylic acid groups (broad SMARTS) is 1. The average molecular weight is 277 g/mol. The Kier molecular flexibility index (Phi) is 3.94. The zero-order chi connectivity index (χ0) is 14.5. The van der Waals surface area contributed by atoms with Gasteiger partial charge in [0.15, 0.2) is 0 Å². The lowest BCUT2D eigenvalue weighted by Gasteiger charge is -2.08. The molecule has 0 fully saturated rings. The van der Waals surface area contributed by atoms with Gasteiger partial charge < -0.3 is 24.5 Å². The quantitative estimate of drug-likeness (QED) is 0.634. The predicted octanol–water partition coefficient (Wildman–Crippen LogP) is 1.57. The van der Waals surface area contributed by atoms with Gasteiger partial charge in [-0.2, -0.15) is 0 Å². The van der Waals surface area contributed by atoms with Gasteiger partial charge in [-0.05, 0) is 22.0 Å². The van der Waals surface area contributed by atoms with Crippen molar-refractivity contribution in [3.63, 3.8) is 0 Å². The molecule has 0 unspecified atom stereocenters. The van der Waals surface area contributed by atoms with Gasteiger partial charge in [-0.3, -0.25) is 0 Å². The summed E-state index contributed by atoms with van der Waals surface area (Å²) in [5, 5.41) is 19.4. The van der Waals surface area contributed by atoms with E-state index in [-0.39, 0.29) is 23.7 Å². The summed E-state index contributed by atoms with van der Waals surface area (Å²) in [5.74, 6) is -1.05. The van der Waals surface area contributed by atoms with Crippen LogP contribution < -0.4 is 4.74 Å². The second-order valence-electron chi connectivity index (χ2n) is 3.88. The summed E-state index contributed by atoms with van der Waals surface area (Å²) in [6.07, 6.45) is 2.61. The Morgan fingerprint density at radius 3 is 2.85 bits per heavy atom. The molecule has 0 spiro atoms. The van der Waals surface area contributed by atoms with E-state index in [0.29, 0.717) is 6.54 Å². The van der Waals surface area contributed by atoms with E-state index in [1.54, 1.807) is 18.2 Å². The number of nitrogens with zero attached hydrogens (tertiary/aromatic N) is 3. The van der Waals surface area contributed by atoms with Crippen molar-refractivity contribution in [2.45, 2.75) is 6.54 Å². The van der Waals surface area contributed by atoms with Crippen molar-refractivity contribution in [3.8, 4) is 5.75 Å². The maximum absolute atomic E-state index is 11.0. The minimum absolute atomic E-state index is 0.0733. The summed E-state index contributed by atoms with van der Waals surface area (Å²) in [6.45, 7) is 0.507. The Labute approximate surface area is 113 Å². The highest BCUT2D eigenvalue weighted by molar-refractivity contribution is 5.90. The smallest absolute Gasteiger partial charge is 0.381 e. The third kappa shape index (κ3) is 3.10. The first kappa shape index (κ1) is 13.5. The summed E-state index contributed by atoms with van der Waals surface area (Å²) < 4.78 is 6.87. The molecule has 2 rings (SSSR count). The molecule has 2 aromatic rings. The Bertz CT molecular complexity index is 638. The van der Waals surface area contributed by atoms with Crippen LogP contribution in [0.25, 0.3) is 0 Å². The molecular formula is C12H11N3O5. The molecule has 1 aromatic carbocycles. The first-order chi connectivity index (χ1) is 9.58. The molecule has 0 radical (unpaired) electrons. The van der Waals surface area contributed by atoms with Crippen LogP contribution in [0.4, 0.5) is 5.82 Å². The largest absolute Gasteiger partial charge is 0.491 e. The third-order valence-corrected chi connectivity index (χ3v) is 2.53. The van der Waals surface area contributed by atoms with Crippen LogP contribution in [0.15, 0.2) is 36.8 Å². The second-order valence-corrected chi connectivity index (χ2v) is 3.88. The topological polar surface area (TPSA) is 107 Å². The highest BCUT2D eigenvalue weighted by Gasteiger charge is 2.11. The van der Waals surface area contributed by atoms with Gasteiger partial charge in [0, 0.05) is 0 Å². The zero-order valence-corrected chi connectivity index (χ0v) is 10.3. The van der Waals surface area contributed by atoms with E-state index < -0.39 is 10.9 Å². The SMILES string of the molecule is O=C(O)c1ccccc1OCCn1cnc([N+](=O)[O-])c1. The number of hydrogen-bond donors (Lipinski definition) is 1. The maximum atomic E-state index is 11.0. The number of imidazole rings is 1. The molecule has 20 heavy (non-hydrogen) atoms. The van der Waals surface area contributed by atoms with E-state index in [4.69, 9.17) is 9.84 Å². The molecule has 0 bridgehead atoms. The average Bonchev–Trinajstić information content (AvgIpc) is 2.88. The molecular weight excluding hydrogens is 266 g/mol. The first-order valence-electron chi connectivity index (χ1n) is 5.69. The van der Waals surface area contributed by atoms with E-state index in [9.17, 15) is 14.9 Å². The van der Waals surface area contributed by atoms with Crippen molar-refractivity contribution >= 4 is 11.8 Å². The van der Waals surface area contributed by atoms with E-state index in [1.165, 1.54) is 23.2 Å². The number of hydrogen-bond acceptors (Lipinski definition) is 5. The lowest BCUT2D eigenvalue weighted by atomic mass is 10.2. The van der Waals surface area contributed by atoms with Gasteiger partial charge in [0.05, 0.1) is 6.54 Å². The molecule has 0 saturated carbocycles. The fourth-order valence-electron chi connectivity index (χ4n) is 1.60. The van der Waals surface area contributed by atoms with Crippen LogP contribution >= 0.6 is 0 Å². The number of carboxylic acids is 1. The van der Waals surface area contributed by atoms with Crippen LogP contribution in [0.5, 0.6) is 5.75 Å². The molecule has 0 aliphatic heterocycles. The standard InChI is InChI=1S/C12H11N3O5/c16-12(17)9-3-1-2-4-10(9)20-6-5-14-7-11(13-8-14)15(18)19/h1-4,7-8H,5-6H2,(H,16,17). The number of aromatic nitrogens is 2. The number of carbonyl (C=O) groups is 1. The second kappa shape index (κ2) is 5.83. The number of nitro groups is 1. The first-order valence-corrected chi connectivity index (χ1v) is 5.69. The van der Waals surface area contributed by atoms with Crippen molar-refractivity contribution in [1.82, 2.24) is 9.55 Å². The minimum Gasteiger partial charge on any atom is -0.491 e. The molecule has 8 heteroatoms. The summed E-state index contributed by atoms with van der Waals surface area (Å²) in [4.78, 5) is 24.4. The molecule has 0 amide bonds. The monoisotopic (exact) mass is 277 g/mol. The summed E-state index contributed by atoms with van der Waals surface area (Å²) in [5.41, 5.74) is 0.0733. The third-order valence-electron chi connectivity index (χ3n) is 2.53. The molecule has 0 saturated heterocycles. The number of aromatic carboxylic acids is 1. The van der Waals surface area contributed by atoms with Gasteiger partial charge in [0.2, 0.25) is 6.33 Å². The Morgan fingerprint density at radius 2 is 2.20 bits per heavy atom. The van der Waals surface area contributed by atoms with Crippen LogP contribution in [0.1, 0.15) is 10.4 Å². The van der Waals surface area contributed by atoms with Crippen LogP contribution in [0.3, 0.4) is 0 Å². The molecule has 1 N–H and O–H groups in total. The van der Waals surface area contributed by atoms with E-state index in [2.05, 4.69) is 4.98 Å². The summed E-state index contributed by atoms with van der Waals surface area (Å²) in [7, 11) is 0. The lowest BCUT2D eigenvalue weighted by Crippen LogP contribution is -2.09. The highest BCUT2D eigenvalue weighted by Crippen LogP contribution is 2.17. The number of benzene rings is 1. The van der Waals surface area contributed by atoms with Gasteiger partial charge in [0.1, 0.15) is 24.1 Å². The Morgan fingerprint density at radius 1 is 1.45 bits per heavy atom. The Hall–Kier alpha value is -2.90. The van der Waals surface area contributed by atoms with Gasteiger partial charge in [-0.25, -0.2) is 4.79 Å². The van der Waals surface area contributed by atoms with Crippen molar-refractivity contribution in [1.29, 1.82) is 0 Å². The normalized spacial score (nSPS) is 10.2. The molecule has 1 aromatic heterocycles. The zero-order valence-electron chi connectivity index (χ0n) is 10.3. The van der Waals surface area contributed by atoms with Crippen molar-refractivity contribution < 1.29 is 19.6 Å². The van der Waals surface area contributed by atoms with E-state index >= 15 is 0 Å². The molecule has 0 atom stereocenters. The van der Waals surface area contributed by atoms with E-state index in [1.807, 2.05) is 0 Å². The predicted molar refractivity (Wildman–Crippen MR) is 67.8 cm³/mol. The van der Waals surface area contributed by atoms with E-state index in [0.717, 1.165) is 0 Å². The van der Waals surface area contributed by atoms with Crippen molar-refractivity contribution in [3.05, 3.63) is 52.5 Å². The van der Waals surface area contributed by atoms with Crippen molar-refractivity contribution in [2.75, 3.05) is 6.61 Å². The summed E-state index contributed by atoms with van der Waals surface area (Å²) in [6, 6.07) is 6.28. The van der Waals surface area contributed by atoms with Crippen LogP contribution in [-0.4, -0.2) is 32.2 Å². The highest BCUT2D eigenvalue weighted by atomic mass is 16.6. The van der Waals surface area contributed by atoms with Crippen LogP contribution in [-0.2, 0) is 6.54 Å². The molecule has 104 valence electrons. The minimum atomic E-state index is -1.07. The molecule has 0 aliphatic rings. The fourth-order valence-corrected chi connectivity index (χ4v) is 1.60. The van der Waals surface area contributed by atoms with Crippen molar-refractivity contribution in [2.24, 2.45) is 0 Å². The maximum Gasteiger partial charge on any atom is 0.381 e. The summed E-state index contributed by atoms with van der Waals surface area (Å²) >= 11 is 0. The number of ether oxygens (including phenoxy) is 1. The fraction of sp³-hybridized carbons (Fsp3) is 0.167.